The number of nitriles is 2. The number of hydrogen-bond acceptors (Lipinski definition) is 2. The van der Waals surface area contributed by atoms with Crippen molar-refractivity contribution in [1.29, 1.82) is 10.5 Å². The molecule has 0 saturated heterocycles. The minimum absolute atomic E-state index is 0.698. The Hall–Kier alpha value is -14.9. The molecule has 0 N–H and O–H groups in total. The van der Waals surface area contributed by atoms with Gasteiger partial charge >= 0.3 is 0 Å². The van der Waals surface area contributed by atoms with Crippen LogP contribution in [-0.2, 0) is 0 Å². The predicted octanol–water partition coefficient (Wildman–Crippen LogP) is 28.6. The average Bonchev–Trinajstić information content (AvgIpc) is 1.54. The van der Waals surface area contributed by atoms with Crippen molar-refractivity contribution in [2.45, 2.75) is 0 Å². The van der Waals surface area contributed by atoms with Crippen LogP contribution >= 0.6 is 0 Å². The van der Waals surface area contributed by atoms with Crippen molar-refractivity contribution in [2.75, 3.05) is 0 Å². The quantitative estimate of drug-likeness (QED) is 0.142. The first-order valence-corrected chi connectivity index (χ1v) is 37.6. The van der Waals surface area contributed by atoms with Crippen molar-refractivity contribution >= 4 is 141 Å². The number of para-hydroxylation sites is 2. The molecule has 0 fully saturated rings. The standard InChI is InChI=1S/C55H32N2.C51H30N2/c56-33-37-24-28-52-54-41(37)25-26-47-40(27-29-53(55(47)54)57(52)38-16-2-1-3-17-38)35-14-10-15-36(30-35)48-31-50-46-22-9-8-21-45(46)49(32-51(50)44-20-7-6-19-43(44)48)42-23-11-13-34-12-4-5-18-39(34)42;52-31-35-22-26-48-50-38(35)23-24-43-37(25-27-49(51(43)50)53(48)36-16-5-2-6-17-36)33-14-11-15-34(28-33)45-30-47-41-20-9-7-18-39(41)44(32-12-3-1-4-13-32)29-46(47)42-21-10-8-19-40(42)45/h1-32H;1-30H. The average molecular weight is 1390 g/mol. The molecule has 0 atom stereocenters. The van der Waals surface area contributed by atoms with Crippen molar-refractivity contribution in [3.05, 3.63) is 387 Å². The summed E-state index contributed by atoms with van der Waals surface area (Å²) in [7, 11) is 0. The fourth-order valence-corrected chi connectivity index (χ4v) is 18.6. The molecule has 506 valence electrons. The predicted molar refractivity (Wildman–Crippen MR) is 464 cm³/mol. The van der Waals surface area contributed by atoms with Gasteiger partial charge in [0.2, 0.25) is 0 Å². The van der Waals surface area contributed by atoms with Gasteiger partial charge in [-0.2, -0.15) is 10.5 Å². The van der Waals surface area contributed by atoms with Gasteiger partial charge in [-0.25, -0.2) is 0 Å². The van der Waals surface area contributed by atoms with Crippen LogP contribution in [0, 0.1) is 22.7 Å². The van der Waals surface area contributed by atoms with Crippen molar-refractivity contribution in [1.82, 2.24) is 9.13 Å². The van der Waals surface area contributed by atoms with E-state index in [2.05, 4.69) is 385 Å². The molecule has 23 rings (SSSR count). The molecular formula is C106H62N4. The van der Waals surface area contributed by atoms with E-state index in [9.17, 15) is 10.5 Å². The minimum atomic E-state index is 0.698. The lowest BCUT2D eigenvalue weighted by Gasteiger charge is -2.17. The lowest BCUT2D eigenvalue weighted by atomic mass is 9.86. The second-order valence-electron chi connectivity index (χ2n) is 29.0. The number of rotatable bonds is 8. The molecule has 4 nitrogen and oxygen atoms in total. The maximum Gasteiger partial charge on any atom is 0.0998 e. The fraction of sp³-hybridized carbons (Fsp3) is 0. The summed E-state index contributed by atoms with van der Waals surface area (Å²) in [6.07, 6.45) is 0. The Balaban J connectivity index is 0.000000136. The summed E-state index contributed by atoms with van der Waals surface area (Å²) in [4.78, 5) is 0. The topological polar surface area (TPSA) is 57.4 Å². The number of aromatic nitrogens is 2. The van der Waals surface area contributed by atoms with Crippen LogP contribution in [0.1, 0.15) is 11.1 Å². The van der Waals surface area contributed by atoms with Gasteiger partial charge in [0.1, 0.15) is 0 Å². The van der Waals surface area contributed by atoms with Crippen LogP contribution in [0.25, 0.3) is 219 Å². The monoisotopic (exact) mass is 1390 g/mol. The first kappa shape index (κ1) is 62.4. The normalized spacial score (nSPS) is 11.8. The van der Waals surface area contributed by atoms with Gasteiger partial charge in [0.25, 0.3) is 0 Å². The summed E-state index contributed by atoms with van der Waals surface area (Å²) < 4.78 is 4.67. The van der Waals surface area contributed by atoms with Crippen LogP contribution in [-0.4, -0.2) is 9.13 Å². The maximum absolute atomic E-state index is 10.1. The Bertz CT molecular complexity index is 7840. The van der Waals surface area contributed by atoms with Crippen LogP contribution in [0.5, 0.6) is 0 Å². The zero-order valence-corrected chi connectivity index (χ0v) is 59.6. The molecule has 0 radical (unpaired) electrons. The summed E-state index contributed by atoms with van der Waals surface area (Å²) in [5.41, 5.74) is 22.6. The Kier molecular flexibility index (Phi) is 14.1. The summed E-state index contributed by atoms with van der Waals surface area (Å²) in [6.45, 7) is 0. The molecule has 0 aliphatic carbocycles. The second-order valence-corrected chi connectivity index (χ2v) is 29.0. The highest BCUT2D eigenvalue weighted by atomic mass is 15.0. The van der Waals surface area contributed by atoms with Gasteiger partial charge in [0.05, 0.1) is 45.3 Å². The third-order valence-electron chi connectivity index (χ3n) is 23.4. The van der Waals surface area contributed by atoms with Crippen molar-refractivity contribution < 1.29 is 0 Å². The van der Waals surface area contributed by atoms with Crippen LogP contribution in [0.2, 0.25) is 0 Å². The summed E-state index contributed by atoms with van der Waals surface area (Å²) in [6, 6.07) is 141. The molecule has 4 heteroatoms. The van der Waals surface area contributed by atoms with Crippen LogP contribution in [0.4, 0.5) is 0 Å². The molecule has 110 heavy (non-hydrogen) atoms. The third kappa shape index (κ3) is 9.50. The summed E-state index contributed by atoms with van der Waals surface area (Å²) >= 11 is 0. The lowest BCUT2D eigenvalue weighted by molar-refractivity contribution is 1.18. The maximum atomic E-state index is 10.1. The number of hydrogen-bond donors (Lipinski definition) is 0. The van der Waals surface area contributed by atoms with E-state index in [1.807, 2.05) is 12.1 Å². The minimum Gasteiger partial charge on any atom is -0.309 e. The molecular weight excluding hydrogens is 1330 g/mol. The first-order valence-electron chi connectivity index (χ1n) is 37.6. The fourth-order valence-electron chi connectivity index (χ4n) is 18.6. The second kappa shape index (κ2) is 24.8. The lowest BCUT2D eigenvalue weighted by Crippen LogP contribution is -1.93. The van der Waals surface area contributed by atoms with E-state index >= 15 is 0 Å². The Morgan fingerprint density at radius 3 is 0.900 bits per heavy atom. The van der Waals surface area contributed by atoms with Gasteiger partial charge in [-0.05, 0) is 250 Å². The van der Waals surface area contributed by atoms with Crippen molar-refractivity contribution in [3.8, 4) is 90.3 Å². The van der Waals surface area contributed by atoms with E-state index in [4.69, 9.17) is 0 Å². The van der Waals surface area contributed by atoms with Crippen LogP contribution in [0.15, 0.2) is 376 Å². The molecule has 0 saturated carbocycles. The largest absolute Gasteiger partial charge is 0.309 e. The highest BCUT2D eigenvalue weighted by molar-refractivity contribution is 6.31. The molecule has 0 spiro atoms. The van der Waals surface area contributed by atoms with E-state index in [-0.39, 0.29) is 0 Å². The highest BCUT2D eigenvalue weighted by Gasteiger charge is 2.25. The van der Waals surface area contributed by atoms with E-state index in [1.54, 1.807) is 0 Å². The van der Waals surface area contributed by atoms with Gasteiger partial charge in [0.15, 0.2) is 0 Å². The third-order valence-corrected chi connectivity index (χ3v) is 23.4. The zero-order valence-electron chi connectivity index (χ0n) is 59.6. The van der Waals surface area contributed by atoms with Gasteiger partial charge in [-0.1, -0.05) is 279 Å². The SMILES string of the molecule is N#Cc1ccc2c3c1ccc1c(-c4cccc(-c5cc6c7ccccc7c(-c7cccc8ccccc78)cc6c6ccccc56)c4)ccc(c13)n2-c1ccccc1.N#Cc1ccc2c3c1ccc1c(-c4cccc(-c5cc6c7ccccc7c(-c7ccccc7)cc6c6ccccc56)c4)ccc(c13)n2-c1ccccc1. The van der Waals surface area contributed by atoms with Gasteiger partial charge in [0, 0.05) is 43.7 Å². The summed E-state index contributed by atoms with van der Waals surface area (Å²) in [5.74, 6) is 0. The van der Waals surface area contributed by atoms with E-state index in [0.29, 0.717) is 11.1 Å². The number of fused-ring (bicyclic) bond motifs is 11. The Morgan fingerprint density at radius 1 is 0.173 bits per heavy atom. The van der Waals surface area contributed by atoms with Crippen molar-refractivity contribution in [3.63, 3.8) is 0 Å². The first-order chi connectivity index (χ1) is 54.5. The molecule has 0 aliphatic rings. The molecule has 2 heterocycles. The molecule has 0 unspecified atom stereocenters. The van der Waals surface area contributed by atoms with E-state index < -0.39 is 0 Å². The highest BCUT2D eigenvalue weighted by Crippen LogP contribution is 2.50. The van der Waals surface area contributed by atoms with Gasteiger partial charge in [-0.15, -0.1) is 0 Å². The molecule has 0 bridgehead atoms. The zero-order chi connectivity index (χ0) is 72.7. The Labute approximate surface area is 633 Å². The molecule has 21 aromatic carbocycles. The summed E-state index contributed by atoms with van der Waals surface area (Å²) in [5, 5.41) is 46.7. The molecule has 23 aromatic rings. The van der Waals surface area contributed by atoms with Crippen LogP contribution in [0.3, 0.4) is 0 Å². The van der Waals surface area contributed by atoms with Gasteiger partial charge in [-0.3, -0.25) is 0 Å². The smallest absolute Gasteiger partial charge is 0.0998 e. The van der Waals surface area contributed by atoms with Crippen LogP contribution < -0.4 is 0 Å². The van der Waals surface area contributed by atoms with E-state index in [1.165, 1.54) is 153 Å². The molecule has 0 amide bonds. The molecule has 2 aromatic heterocycles. The molecule has 0 aliphatic heterocycles. The number of benzene rings is 21. The van der Waals surface area contributed by atoms with Crippen molar-refractivity contribution in [2.24, 2.45) is 0 Å². The number of nitrogens with zero attached hydrogens (tertiary/aromatic N) is 4. The van der Waals surface area contributed by atoms with E-state index in [0.717, 1.165) is 66.1 Å². The van der Waals surface area contributed by atoms with Gasteiger partial charge < -0.3 is 9.13 Å². The Morgan fingerprint density at radius 2 is 0.473 bits per heavy atom.